The molecule has 33 heavy (non-hydrogen) atoms. The average Bonchev–Trinajstić information content (AvgIpc) is 3.16. The highest BCUT2D eigenvalue weighted by Gasteiger charge is 2.75. The van der Waals surface area contributed by atoms with Crippen LogP contribution in [0.3, 0.4) is 0 Å². The third-order valence-electron chi connectivity index (χ3n) is 9.48. The van der Waals surface area contributed by atoms with Gasteiger partial charge < -0.3 is 15.1 Å². The predicted molar refractivity (Wildman–Crippen MR) is 124 cm³/mol. The smallest absolute Gasteiger partial charge is 0.321 e. The van der Waals surface area contributed by atoms with Gasteiger partial charge in [-0.2, -0.15) is 0 Å². The van der Waals surface area contributed by atoms with Crippen LogP contribution in [0.2, 0.25) is 0 Å². The maximum atomic E-state index is 13.3. The number of hydrogen-bond acceptors (Lipinski definition) is 3. The number of hydrogen-bond donors (Lipinski definition) is 1. The summed E-state index contributed by atoms with van der Waals surface area (Å²) in [5.74, 6) is 1.74. The number of anilines is 1. The maximum absolute atomic E-state index is 13.3. The molecule has 0 unspecified atom stereocenters. The molecule has 4 bridgehead atoms. The summed E-state index contributed by atoms with van der Waals surface area (Å²) >= 11 is 0. The van der Waals surface area contributed by atoms with Crippen molar-refractivity contribution in [3.63, 3.8) is 0 Å². The van der Waals surface area contributed by atoms with E-state index in [0.717, 1.165) is 68.3 Å². The standard InChI is InChI=1S/C27H29N3O3/c31-24-19-14-18-21(22(18)24)23(19)25(32)30-13-10-27(15-30)8-11-29(12-9-27)26(33)28-20-7-3-5-16-4-1-2-6-17(16)20/h1-7,18-19,21-23H,8-15H2,(H,28,33)/t18-,19+,21+,22-,23-/m1/s1. The van der Waals surface area contributed by atoms with Gasteiger partial charge in [0.25, 0.3) is 0 Å². The number of likely N-dealkylation sites (tertiary alicyclic amines) is 2. The molecular formula is C27H29N3O3. The number of urea groups is 1. The van der Waals surface area contributed by atoms with Crippen molar-refractivity contribution in [1.82, 2.24) is 9.80 Å². The third kappa shape index (κ3) is 2.82. The molecular weight excluding hydrogens is 414 g/mol. The Kier molecular flexibility index (Phi) is 4.04. The van der Waals surface area contributed by atoms with Gasteiger partial charge in [0.1, 0.15) is 5.78 Å². The fourth-order valence-corrected chi connectivity index (χ4v) is 7.63. The molecule has 2 aromatic carbocycles. The van der Waals surface area contributed by atoms with Crippen molar-refractivity contribution in [3.8, 4) is 0 Å². The second-order valence-electron chi connectivity index (χ2n) is 11.0. The van der Waals surface area contributed by atoms with E-state index in [2.05, 4.69) is 22.3 Å². The van der Waals surface area contributed by atoms with Crippen LogP contribution in [0.5, 0.6) is 0 Å². The van der Waals surface area contributed by atoms with Gasteiger partial charge in [0, 0.05) is 43.4 Å². The van der Waals surface area contributed by atoms with E-state index in [1.807, 2.05) is 35.2 Å². The Hall–Kier alpha value is -2.89. The molecule has 2 heterocycles. The topological polar surface area (TPSA) is 69.7 Å². The molecule has 6 heteroatoms. The van der Waals surface area contributed by atoms with E-state index in [1.54, 1.807) is 0 Å². The molecule has 1 N–H and O–H groups in total. The van der Waals surface area contributed by atoms with Gasteiger partial charge in [-0.25, -0.2) is 4.79 Å². The first kappa shape index (κ1) is 19.6. The Morgan fingerprint density at radius 2 is 1.67 bits per heavy atom. The minimum Gasteiger partial charge on any atom is -0.342 e. The van der Waals surface area contributed by atoms with Crippen molar-refractivity contribution in [3.05, 3.63) is 42.5 Å². The number of amides is 3. The molecule has 6 aliphatic rings. The SMILES string of the molecule is O=C1[C@@H]2[C@@H]3C[C@H]1[C@@H](C(=O)N1CCC4(CCN(C(=O)Nc5cccc6ccccc56)CC4)C1)[C@@H]32. The highest BCUT2D eigenvalue weighted by Crippen LogP contribution is 2.71. The molecule has 4 saturated carbocycles. The summed E-state index contributed by atoms with van der Waals surface area (Å²) in [5.41, 5.74) is 0.972. The molecule has 3 amide bonds. The lowest BCUT2D eigenvalue weighted by Gasteiger charge is -2.39. The summed E-state index contributed by atoms with van der Waals surface area (Å²) in [5, 5.41) is 5.27. The zero-order chi connectivity index (χ0) is 22.3. The molecule has 8 rings (SSSR count). The van der Waals surface area contributed by atoms with Crippen LogP contribution in [0.1, 0.15) is 25.7 Å². The Balaban J connectivity index is 0.982. The van der Waals surface area contributed by atoms with Crippen molar-refractivity contribution in [2.75, 3.05) is 31.5 Å². The molecule has 0 aromatic heterocycles. The molecule has 6 fully saturated rings. The van der Waals surface area contributed by atoms with E-state index in [1.165, 1.54) is 0 Å². The van der Waals surface area contributed by atoms with Gasteiger partial charge in [-0.1, -0.05) is 36.4 Å². The zero-order valence-corrected chi connectivity index (χ0v) is 18.7. The van der Waals surface area contributed by atoms with Crippen molar-refractivity contribution >= 4 is 34.2 Å². The summed E-state index contributed by atoms with van der Waals surface area (Å²) in [6.45, 7) is 3.04. The number of carbonyl (C=O) groups is 3. The van der Waals surface area contributed by atoms with Gasteiger partial charge in [-0.3, -0.25) is 9.59 Å². The van der Waals surface area contributed by atoms with Crippen LogP contribution in [-0.2, 0) is 9.59 Å². The van der Waals surface area contributed by atoms with E-state index in [-0.39, 0.29) is 35.1 Å². The number of rotatable bonds is 2. The minimum atomic E-state index is -0.0452. The lowest BCUT2D eigenvalue weighted by atomic mass is 9.78. The summed E-state index contributed by atoms with van der Waals surface area (Å²) in [4.78, 5) is 42.5. The van der Waals surface area contributed by atoms with Crippen molar-refractivity contribution in [1.29, 1.82) is 0 Å². The molecule has 170 valence electrons. The minimum absolute atomic E-state index is 0.0192. The maximum Gasteiger partial charge on any atom is 0.321 e. The molecule has 6 nitrogen and oxygen atoms in total. The first-order valence-corrected chi connectivity index (χ1v) is 12.4. The van der Waals surface area contributed by atoms with Gasteiger partial charge in [0.05, 0.1) is 11.6 Å². The lowest BCUT2D eigenvalue weighted by molar-refractivity contribution is -0.138. The number of piperidine rings is 1. The number of fused-ring (bicyclic) bond motifs is 1. The highest BCUT2D eigenvalue weighted by molar-refractivity contribution is 6.02. The Morgan fingerprint density at radius 1 is 0.939 bits per heavy atom. The average molecular weight is 444 g/mol. The summed E-state index contributed by atoms with van der Waals surface area (Å²) in [6.07, 6.45) is 3.84. The van der Waals surface area contributed by atoms with Crippen LogP contribution in [-0.4, -0.2) is 53.7 Å². The van der Waals surface area contributed by atoms with Crippen molar-refractivity contribution < 1.29 is 14.4 Å². The van der Waals surface area contributed by atoms with Crippen LogP contribution in [0.25, 0.3) is 10.8 Å². The number of Topliss-reactive ketones (excluding diaryl/α,β-unsaturated/α-hetero) is 1. The number of nitrogens with one attached hydrogen (secondary N) is 1. The lowest BCUT2D eigenvalue weighted by Crippen LogP contribution is -2.46. The van der Waals surface area contributed by atoms with Crippen LogP contribution in [0.15, 0.2) is 42.5 Å². The Bertz CT molecular complexity index is 1180. The molecule has 2 aromatic rings. The van der Waals surface area contributed by atoms with Crippen LogP contribution in [0, 0.1) is 35.0 Å². The zero-order valence-electron chi connectivity index (χ0n) is 18.7. The fourth-order valence-electron chi connectivity index (χ4n) is 7.63. The van der Waals surface area contributed by atoms with Crippen LogP contribution < -0.4 is 5.32 Å². The summed E-state index contributed by atoms with van der Waals surface area (Å²) in [6, 6.07) is 14.0. The molecule has 2 aliphatic heterocycles. The van der Waals surface area contributed by atoms with Crippen molar-refractivity contribution in [2.45, 2.75) is 25.7 Å². The highest BCUT2D eigenvalue weighted by atomic mass is 16.2. The molecule has 1 spiro atoms. The molecule has 0 radical (unpaired) electrons. The van der Waals surface area contributed by atoms with Gasteiger partial charge in [0.15, 0.2) is 0 Å². The number of ketones is 1. The normalized spacial score (nSPS) is 33.2. The van der Waals surface area contributed by atoms with E-state index >= 15 is 0 Å². The molecule has 5 atom stereocenters. The third-order valence-corrected chi connectivity index (χ3v) is 9.48. The molecule has 4 aliphatic carbocycles. The summed E-state index contributed by atoms with van der Waals surface area (Å²) in [7, 11) is 0. The second-order valence-corrected chi connectivity index (χ2v) is 11.0. The van der Waals surface area contributed by atoms with Gasteiger partial charge >= 0.3 is 6.03 Å². The fraction of sp³-hybridized carbons (Fsp3) is 0.519. The first-order valence-electron chi connectivity index (χ1n) is 12.4. The molecule has 2 saturated heterocycles. The summed E-state index contributed by atoms with van der Waals surface area (Å²) < 4.78 is 0. The Morgan fingerprint density at radius 3 is 2.36 bits per heavy atom. The number of nitrogens with zero attached hydrogens (tertiary/aromatic N) is 2. The second kappa shape index (κ2) is 6.81. The quantitative estimate of drug-likeness (QED) is 0.768. The first-order chi connectivity index (χ1) is 16.0. The Labute approximate surface area is 193 Å². The van der Waals surface area contributed by atoms with Crippen LogP contribution in [0.4, 0.5) is 10.5 Å². The van der Waals surface area contributed by atoms with Gasteiger partial charge in [-0.05, 0) is 54.4 Å². The van der Waals surface area contributed by atoms with E-state index in [4.69, 9.17) is 0 Å². The van der Waals surface area contributed by atoms with Crippen LogP contribution >= 0.6 is 0 Å². The van der Waals surface area contributed by atoms with Crippen molar-refractivity contribution in [2.24, 2.45) is 35.0 Å². The van der Waals surface area contributed by atoms with E-state index in [0.29, 0.717) is 17.6 Å². The van der Waals surface area contributed by atoms with E-state index in [9.17, 15) is 14.4 Å². The largest absolute Gasteiger partial charge is 0.342 e. The van der Waals surface area contributed by atoms with Gasteiger partial charge in [-0.15, -0.1) is 0 Å². The van der Waals surface area contributed by atoms with Gasteiger partial charge in [0.2, 0.25) is 5.91 Å². The van der Waals surface area contributed by atoms with E-state index < -0.39 is 0 Å². The predicted octanol–water partition coefficient (Wildman–Crippen LogP) is 3.77. The monoisotopic (exact) mass is 443 g/mol. The number of carbonyl (C=O) groups excluding carboxylic acids is 3. The number of benzene rings is 2.